The highest BCUT2D eigenvalue weighted by atomic mass is 32.2. The lowest BCUT2D eigenvalue weighted by Crippen LogP contribution is -2.34. The fourth-order valence-corrected chi connectivity index (χ4v) is 5.37. The highest BCUT2D eigenvalue weighted by molar-refractivity contribution is 7.92. The van der Waals surface area contributed by atoms with Crippen LogP contribution < -0.4 is 15.4 Å². The standard InChI is InChI=1S/C20H26N4O5S2/c1-30(26,27)23-19-7-3-2-6-17(19)15-22-20(25)21-14-16-8-10-18(11-9-16)31(28,29)24-12-4-5-13-24/h2-3,6-11,23H,4-5,12-15H2,1H3,(H2,21,22,25). The van der Waals surface area contributed by atoms with Gasteiger partial charge in [-0.15, -0.1) is 0 Å². The number of urea groups is 1. The number of amides is 2. The highest BCUT2D eigenvalue weighted by Crippen LogP contribution is 2.21. The van der Waals surface area contributed by atoms with Gasteiger partial charge in [-0.05, 0) is 42.2 Å². The van der Waals surface area contributed by atoms with Crippen molar-refractivity contribution < 1.29 is 21.6 Å². The summed E-state index contributed by atoms with van der Waals surface area (Å²) in [5, 5.41) is 5.38. The maximum atomic E-state index is 12.5. The molecular formula is C20H26N4O5S2. The number of rotatable bonds is 8. The minimum absolute atomic E-state index is 0.136. The summed E-state index contributed by atoms with van der Waals surface area (Å²) in [6.07, 6.45) is 2.82. The van der Waals surface area contributed by atoms with Crippen LogP contribution in [-0.4, -0.2) is 46.5 Å². The van der Waals surface area contributed by atoms with E-state index in [1.807, 2.05) is 0 Å². The van der Waals surface area contributed by atoms with Gasteiger partial charge in [-0.3, -0.25) is 4.72 Å². The second-order valence-corrected chi connectivity index (χ2v) is 11.0. The first kappa shape index (κ1) is 23.0. The molecule has 0 radical (unpaired) electrons. The molecular weight excluding hydrogens is 440 g/mol. The predicted molar refractivity (Wildman–Crippen MR) is 118 cm³/mol. The number of anilines is 1. The molecule has 0 unspecified atom stereocenters. The van der Waals surface area contributed by atoms with Gasteiger partial charge in [-0.1, -0.05) is 30.3 Å². The summed E-state index contributed by atoms with van der Waals surface area (Å²) in [5.41, 5.74) is 1.79. The van der Waals surface area contributed by atoms with E-state index in [9.17, 15) is 21.6 Å². The molecule has 2 aromatic carbocycles. The Balaban J connectivity index is 1.52. The second kappa shape index (κ2) is 9.67. The fourth-order valence-electron chi connectivity index (χ4n) is 3.25. The third kappa shape index (κ3) is 6.42. The molecule has 0 atom stereocenters. The molecule has 2 amide bonds. The maximum Gasteiger partial charge on any atom is 0.315 e. The number of nitrogens with one attached hydrogen (secondary N) is 3. The second-order valence-electron chi connectivity index (χ2n) is 7.32. The number of hydrogen-bond acceptors (Lipinski definition) is 5. The molecule has 168 valence electrons. The third-order valence-electron chi connectivity index (χ3n) is 4.83. The van der Waals surface area contributed by atoms with Gasteiger partial charge in [-0.25, -0.2) is 21.6 Å². The monoisotopic (exact) mass is 466 g/mol. The van der Waals surface area contributed by atoms with Gasteiger partial charge in [0.2, 0.25) is 20.0 Å². The van der Waals surface area contributed by atoms with E-state index in [-0.39, 0.29) is 18.0 Å². The van der Waals surface area contributed by atoms with E-state index >= 15 is 0 Å². The number of hydrogen-bond donors (Lipinski definition) is 3. The summed E-state index contributed by atoms with van der Waals surface area (Å²) in [6, 6.07) is 12.8. The minimum Gasteiger partial charge on any atom is -0.334 e. The zero-order chi connectivity index (χ0) is 22.5. The molecule has 1 fully saturated rings. The minimum atomic E-state index is -3.46. The van der Waals surface area contributed by atoms with E-state index in [4.69, 9.17) is 0 Å². The van der Waals surface area contributed by atoms with E-state index in [0.717, 1.165) is 24.7 Å². The molecule has 1 aliphatic rings. The van der Waals surface area contributed by atoms with Crippen molar-refractivity contribution in [3.8, 4) is 0 Å². The van der Waals surface area contributed by atoms with Gasteiger partial charge in [0.15, 0.2) is 0 Å². The van der Waals surface area contributed by atoms with E-state index in [0.29, 0.717) is 24.3 Å². The van der Waals surface area contributed by atoms with Crippen molar-refractivity contribution >= 4 is 31.8 Å². The third-order valence-corrected chi connectivity index (χ3v) is 7.33. The summed E-state index contributed by atoms with van der Waals surface area (Å²) in [5.74, 6) is 0. The SMILES string of the molecule is CS(=O)(=O)Nc1ccccc1CNC(=O)NCc1ccc(S(=O)(=O)N2CCCC2)cc1. The van der Waals surface area contributed by atoms with Gasteiger partial charge in [0.05, 0.1) is 16.8 Å². The first-order valence-electron chi connectivity index (χ1n) is 9.82. The lowest BCUT2D eigenvalue weighted by Gasteiger charge is -2.15. The summed E-state index contributed by atoms with van der Waals surface area (Å²) < 4.78 is 51.9. The Morgan fingerprint density at radius 3 is 2.16 bits per heavy atom. The zero-order valence-corrected chi connectivity index (χ0v) is 18.8. The Hall–Kier alpha value is -2.63. The van der Waals surface area contributed by atoms with Crippen molar-refractivity contribution in [2.24, 2.45) is 0 Å². The maximum absolute atomic E-state index is 12.5. The molecule has 0 aliphatic carbocycles. The Morgan fingerprint density at radius 2 is 1.52 bits per heavy atom. The number of sulfonamides is 2. The van der Waals surface area contributed by atoms with Gasteiger partial charge in [0, 0.05) is 26.2 Å². The Labute approximate surface area is 182 Å². The normalized spacial score (nSPS) is 14.9. The van der Waals surface area contributed by atoms with Crippen LogP contribution in [0.15, 0.2) is 53.4 Å². The van der Waals surface area contributed by atoms with Crippen molar-refractivity contribution in [3.05, 3.63) is 59.7 Å². The summed E-state index contributed by atoms with van der Waals surface area (Å²) >= 11 is 0. The molecule has 0 saturated carbocycles. The largest absolute Gasteiger partial charge is 0.334 e. The molecule has 2 aromatic rings. The molecule has 0 aromatic heterocycles. The topological polar surface area (TPSA) is 125 Å². The molecule has 3 N–H and O–H groups in total. The van der Waals surface area contributed by atoms with Gasteiger partial charge < -0.3 is 10.6 Å². The van der Waals surface area contributed by atoms with Crippen LogP contribution in [0.25, 0.3) is 0 Å². The van der Waals surface area contributed by atoms with Crippen LogP contribution in [0.3, 0.4) is 0 Å². The van der Waals surface area contributed by atoms with E-state index < -0.39 is 26.1 Å². The van der Waals surface area contributed by atoms with Crippen molar-refractivity contribution in [1.82, 2.24) is 14.9 Å². The van der Waals surface area contributed by atoms with Crippen molar-refractivity contribution in [2.75, 3.05) is 24.1 Å². The van der Waals surface area contributed by atoms with Crippen molar-refractivity contribution in [1.29, 1.82) is 0 Å². The van der Waals surface area contributed by atoms with Crippen LogP contribution >= 0.6 is 0 Å². The Bertz CT molecular complexity index is 1130. The molecule has 31 heavy (non-hydrogen) atoms. The average molecular weight is 467 g/mol. The highest BCUT2D eigenvalue weighted by Gasteiger charge is 2.26. The van der Waals surface area contributed by atoms with E-state index in [1.54, 1.807) is 48.5 Å². The van der Waals surface area contributed by atoms with E-state index in [1.165, 1.54) is 4.31 Å². The zero-order valence-electron chi connectivity index (χ0n) is 17.2. The first-order valence-corrected chi connectivity index (χ1v) is 13.1. The van der Waals surface area contributed by atoms with Crippen LogP contribution in [0.2, 0.25) is 0 Å². The lowest BCUT2D eigenvalue weighted by atomic mass is 10.2. The first-order chi connectivity index (χ1) is 14.6. The van der Waals surface area contributed by atoms with Gasteiger partial charge in [-0.2, -0.15) is 4.31 Å². The average Bonchev–Trinajstić information content (AvgIpc) is 3.27. The van der Waals surface area contributed by atoms with Crippen molar-refractivity contribution in [2.45, 2.75) is 30.8 Å². The smallest absolute Gasteiger partial charge is 0.315 e. The number of carbonyl (C=O) groups is 1. The molecule has 1 saturated heterocycles. The molecule has 9 nitrogen and oxygen atoms in total. The van der Waals surface area contributed by atoms with E-state index in [2.05, 4.69) is 15.4 Å². The number of benzene rings is 2. The number of nitrogens with zero attached hydrogens (tertiary/aromatic N) is 1. The van der Waals surface area contributed by atoms with Gasteiger partial charge in [0.25, 0.3) is 0 Å². The summed E-state index contributed by atoms with van der Waals surface area (Å²) in [7, 11) is -6.89. The number of carbonyl (C=O) groups excluding carboxylic acids is 1. The summed E-state index contributed by atoms with van der Waals surface area (Å²) in [6.45, 7) is 1.46. The van der Waals surface area contributed by atoms with Crippen LogP contribution in [0.4, 0.5) is 10.5 Å². The Kier molecular flexibility index (Phi) is 7.19. The molecule has 1 heterocycles. The van der Waals surface area contributed by atoms with Crippen LogP contribution in [0.1, 0.15) is 24.0 Å². The van der Waals surface area contributed by atoms with Crippen LogP contribution in [-0.2, 0) is 33.1 Å². The molecule has 11 heteroatoms. The van der Waals surface area contributed by atoms with Crippen molar-refractivity contribution in [3.63, 3.8) is 0 Å². The van der Waals surface area contributed by atoms with Gasteiger partial charge >= 0.3 is 6.03 Å². The molecule has 3 rings (SSSR count). The van der Waals surface area contributed by atoms with Gasteiger partial charge in [0.1, 0.15) is 0 Å². The molecule has 1 aliphatic heterocycles. The molecule has 0 bridgehead atoms. The fraction of sp³-hybridized carbons (Fsp3) is 0.350. The van der Waals surface area contributed by atoms with Crippen LogP contribution in [0.5, 0.6) is 0 Å². The van der Waals surface area contributed by atoms with Crippen LogP contribution in [0, 0.1) is 0 Å². The summed E-state index contributed by atoms with van der Waals surface area (Å²) in [4.78, 5) is 12.4. The predicted octanol–water partition coefficient (Wildman–Crippen LogP) is 1.84. The lowest BCUT2D eigenvalue weighted by molar-refractivity contribution is 0.240. The number of para-hydroxylation sites is 1. The molecule has 0 spiro atoms. The quantitative estimate of drug-likeness (QED) is 0.548. The Morgan fingerprint density at radius 1 is 0.903 bits per heavy atom.